The molecule has 0 radical (unpaired) electrons. The van der Waals surface area contributed by atoms with Gasteiger partial charge in [0.1, 0.15) is 27.4 Å². The number of anilines is 2. The van der Waals surface area contributed by atoms with Gasteiger partial charge in [0.25, 0.3) is 5.91 Å². The zero-order valence-electron chi connectivity index (χ0n) is 16.4. The van der Waals surface area contributed by atoms with Crippen molar-refractivity contribution in [1.82, 2.24) is 4.98 Å². The first kappa shape index (κ1) is 19.4. The van der Waals surface area contributed by atoms with Crippen LogP contribution in [0.1, 0.15) is 21.7 Å². The van der Waals surface area contributed by atoms with E-state index in [1.54, 1.807) is 12.1 Å². The molecule has 9 heteroatoms. The fraction of sp³-hybridized carbons (Fsp3) is 0.227. The molecule has 3 aliphatic rings. The van der Waals surface area contributed by atoms with Crippen molar-refractivity contribution in [3.8, 4) is 28.7 Å². The van der Waals surface area contributed by atoms with Crippen LogP contribution in [-0.2, 0) is 0 Å². The number of nitriles is 1. The molecular formula is C22H19N5O3S. The van der Waals surface area contributed by atoms with Crippen molar-refractivity contribution < 1.29 is 14.3 Å². The van der Waals surface area contributed by atoms with Crippen LogP contribution in [0.5, 0.6) is 0 Å². The van der Waals surface area contributed by atoms with Crippen LogP contribution >= 0.6 is 11.3 Å². The van der Waals surface area contributed by atoms with E-state index in [0.717, 1.165) is 23.3 Å². The van der Waals surface area contributed by atoms with Gasteiger partial charge >= 0.3 is 0 Å². The summed E-state index contributed by atoms with van der Waals surface area (Å²) in [4.78, 5) is 17.7. The predicted molar refractivity (Wildman–Crippen MR) is 119 cm³/mol. The molecule has 0 unspecified atom stereocenters. The van der Waals surface area contributed by atoms with Crippen LogP contribution in [0.25, 0.3) is 32.9 Å². The number of nitrogen functional groups attached to an aromatic ring is 1. The van der Waals surface area contributed by atoms with Crippen LogP contribution in [0.3, 0.4) is 0 Å². The van der Waals surface area contributed by atoms with E-state index in [0.29, 0.717) is 62.7 Å². The highest BCUT2D eigenvalue weighted by molar-refractivity contribution is 7.21. The van der Waals surface area contributed by atoms with Crippen molar-refractivity contribution >= 4 is 39.0 Å². The molecule has 31 heavy (non-hydrogen) atoms. The van der Waals surface area contributed by atoms with Crippen molar-refractivity contribution in [3.05, 3.63) is 40.8 Å². The van der Waals surface area contributed by atoms with Gasteiger partial charge in [-0.3, -0.25) is 4.79 Å². The summed E-state index contributed by atoms with van der Waals surface area (Å²) in [6, 6.07) is 11.2. The molecule has 1 saturated carbocycles. The fourth-order valence-corrected chi connectivity index (χ4v) is 4.89. The molecule has 0 bridgehead atoms. The number of fused-ring (bicyclic) bond motifs is 2. The molecule has 0 aromatic carbocycles. The number of primary amides is 1. The lowest BCUT2D eigenvalue weighted by Gasteiger charge is -2.10. The molecule has 2 atom stereocenters. The number of pyridine rings is 1. The Bertz CT molecular complexity index is 1340. The Morgan fingerprint density at radius 2 is 2.23 bits per heavy atom. The van der Waals surface area contributed by atoms with Crippen LogP contribution in [0.2, 0.25) is 0 Å². The minimum Gasteiger partial charge on any atom is -0.454 e. The Balaban J connectivity index is 1.65. The largest absolute Gasteiger partial charge is 0.454 e. The fourth-order valence-electron chi connectivity index (χ4n) is 3.88. The second-order valence-corrected chi connectivity index (χ2v) is 8.71. The molecular weight excluding hydrogens is 414 g/mol. The number of nitrogens with zero attached hydrogens (tertiary/aromatic N) is 2. The molecule has 2 aliphatic carbocycles. The quantitative estimate of drug-likeness (QED) is 0.364. The highest BCUT2D eigenvalue weighted by Gasteiger charge is 2.36. The zero-order valence-corrected chi connectivity index (χ0v) is 17.2. The molecule has 8 nitrogen and oxygen atoms in total. The lowest BCUT2D eigenvalue weighted by molar-refractivity contribution is 0.100. The van der Waals surface area contributed by atoms with Gasteiger partial charge < -0.3 is 26.3 Å². The Hall–Kier alpha value is -3.61. The SMILES string of the molecule is N#Cc1cc2c(-c3oc4cccc-4cc3N)c(C(N)=O)sc2nc1NC[C@@H]1C[C@H]1CO. The van der Waals surface area contributed by atoms with Crippen molar-refractivity contribution in [2.45, 2.75) is 6.42 Å². The third kappa shape index (κ3) is 3.26. The summed E-state index contributed by atoms with van der Waals surface area (Å²) < 4.78 is 6.01. The van der Waals surface area contributed by atoms with Gasteiger partial charge in [-0.2, -0.15) is 5.26 Å². The van der Waals surface area contributed by atoms with Gasteiger partial charge in [-0.25, -0.2) is 4.98 Å². The molecule has 1 aliphatic heterocycles. The number of thiophene rings is 1. The van der Waals surface area contributed by atoms with E-state index < -0.39 is 5.91 Å². The van der Waals surface area contributed by atoms with E-state index in [1.165, 1.54) is 0 Å². The van der Waals surface area contributed by atoms with Crippen LogP contribution in [0.15, 0.2) is 34.7 Å². The first-order valence-corrected chi connectivity index (χ1v) is 10.6. The van der Waals surface area contributed by atoms with Gasteiger partial charge in [0.15, 0.2) is 5.76 Å². The van der Waals surface area contributed by atoms with Crippen molar-refractivity contribution in [2.75, 3.05) is 24.2 Å². The van der Waals surface area contributed by atoms with Crippen molar-refractivity contribution in [1.29, 1.82) is 5.26 Å². The summed E-state index contributed by atoms with van der Waals surface area (Å²) in [5, 5.41) is 22.7. The summed E-state index contributed by atoms with van der Waals surface area (Å²) in [6.07, 6.45) is 0.952. The van der Waals surface area contributed by atoms with E-state index in [1.807, 2.05) is 18.2 Å². The average Bonchev–Trinajstić information content (AvgIpc) is 3.20. The van der Waals surface area contributed by atoms with Crippen LogP contribution in [0.4, 0.5) is 11.5 Å². The van der Waals surface area contributed by atoms with Crippen LogP contribution in [0, 0.1) is 23.2 Å². The first-order chi connectivity index (χ1) is 15.0. The second kappa shape index (κ2) is 7.27. The maximum Gasteiger partial charge on any atom is 0.259 e. The number of nitrogens with two attached hydrogens (primary N) is 2. The smallest absolute Gasteiger partial charge is 0.259 e. The van der Waals surface area contributed by atoms with E-state index in [-0.39, 0.29) is 11.5 Å². The summed E-state index contributed by atoms with van der Waals surface area (Å²) in [6.45, 7) is 0.786. The van der Waals surface area contributed by atoms with Gasteiger partial charge in [-0.15, -0.1) is 11.3 Å². The second-order valence-electron chi connectivity index (χ2n) is 7.72. The number of nitrogens with one attached hydrogen (secondary N) is 1. The Kier molecular flexibility index (Phi) is 4.54. The van der Waals surface area contributed by atoms with Gasteiger partial charge in [-0.05, 0) is 36.5 Å². The maximum atomic E-state index is 12.2. The molecule has 6 N–H and O–H groups in total. The van der Waals surface area contributed by atoms with Crippen LogP contribution in [-0.4, -0.2) is 29.1 Å². The minimum absolute atomic E-state index is 0.165. The van der Waals surface area contributed by atoms with E-state index >= 15 is 0 Å². The van der Waals surface area contributed by atoms with Crippen molar-refractivity contribution in [2.24, 2.45) is 17.6 Å². The maximum absolute atomic E-state index is 12.2. The number of amides is 1. The lowest BCUT2D eigenvalue weighted by atomic mass is 10.0. The van der Waals surface area contributed by atoms with E-state index in [2.05, 4.69) is 16.4 Å². The van der Waals surface area contributed by atoms with Gasteiger partial charge in [0.05, 0.1) is 16.8 Å². The third-order valence-electron chi connectivity index (χ3n) is 5.68. The van der Waals surface area contributed by atoms with Crippen molar-refractivity contribution in [3.63, 3.8) is 0 Å². The molecule has 5 rings (SSSR count). The zero-order chi connectivity index (χ0) is 21.7. The number of hydrogen-bond donors (Lipinski definition) is 4. The van der Waals surface area contributed by atoms with Crippen LogP contribution < -0.4 is 16.8 Å². The molecule has 0 saturated heterocycles. The predicted octanol–water partition coefficient (Wildman–Crippen LogP) is 3.25. The number of aliphatic hydroxyl groups is 1. The molecule has 0 spiro atoms. The highest BCUT2D eigenvalue weighted by Crippen LogP contribution is 2.44. The van der Waals surface area contributed by atoms with Gasteiger partial charge in [0, 0.05) is 24.1 Å². The lowest BCUT2D eigenvalue weighted by Crippen LogP contribution is -2.10. The molecule has 2 aromatic heterocycles. The standard InChI is InChI=1S/C22H19N5O3S/c23-7-11-5-14-17(18-15(24)6-10-2-1-3-16(10)30-18)19(20(25)29)31-22(14)27-21(11)26-8-12-4-13(12)9-28/h1-3,5-6,12-13,28H,4,8-9,24H2,(H2,25,29)(H,26,27)/t12-,13-/m0/s1. The average molecular weight is 433 g/mol. The van der Waals surface area contributed by atoms with Gasteiger partial charge in [0.2, 0.25) is 0 Å². The Morgan fingerprint density at radius 1 is 1.39 bits per heavy atom. The minimum atomic E-state index is -0.619. The highest BCUT2D eigenvalue weighted by atomic mass is 32.1. The molecule has 1 fully saturated rings. The van der Waals surface area contributed by atoms with E-state index in [9.17, 15) is 15.2 Å². The number of hydrogen-bond acceptors (Lipinski definition) is 8. The van der Waals surface area contributed by atoms with E-state index in [4.69, 9.17) is 15.9 Å². The topological polar surface area (TPSA) is 151 Å². The summed E-state index contributed by atoms with van der Waals surface area (Å²) in [5.74, 6) is 1.45. The number of aromatic nitrogens is 1. The Labute approximate surface area is 181 Å². The monoisotopic (exact) mass is 433 g/mol. The Morgan fingerprint density at radius 3 is 2.94 bits per heavy atom. The van der Waals surface area contributed by atoms with Gasteiger partial charge in [-0.1, -0.05) is 12.1 Å². The first-order valence-electron chi connectivity index (χ1n) is 9.80. The molecule has 2 aromatic rings. The summed E-state index contributed by atoms with van der Waals surface area (Å²) in [5.41, 5.74) is 13.9. The molecule has 3 heterocycles. The normalized spacial score (nSPS) is 17.7. The summed E-state index contributed by atoms with van der Waals surface area (Å²) >= 11 is 1.14. The number of carbonyl (C=O) groups excluding carboxylic acids is 1. The molecule has 156 valence electrons. The summed E-state index contributed by atoms with van der Waals surface area (Å²) in [7, 11) is 0. The molecule has 1 amide bonds. The number of rotatable bonds is 6. The number of carbonyl (C=O) groups is 1. The third-order valence-corrected chi connectivity index (χ3v) is 6.80. The number of aliphatic hydroxyl groups excluding tert-OH is 1.